The van der Waals surface area contributed by atoms with Crippen LogP contribution in [0.4, 0.5) is 5.69 Å². The smallest absolute Gasteiger partial charge is 0.152 e. The zero-order valence-electron chi connectivity index (χ0n) is 9.69. The number of carbonyl (C=O) groups excluding carboxylic acids is 1. The molecule has 0 unspecified atom stereocenters. The van der Waals surface area contributed by atoms with Crippen molar-refractivity contribution in [2.45, 2.75) is 6.54 Å². The third-order valence-electron chi connectivity index (χ3n) is 2.54. The molecule has 2 rings (SSSR count). The van der Waals surface area contributed by atoms with Gasteiger partial charge in [0.15, 0.2) is 6.29 Å². The highest BCUT2D eigenvalue weighted by Crippen LogP contribution is 2.26. The van der Waals surface area contributed by atoms with E-state index in [1.165, 1.54) is 4.88 Å². The van der Waals surface area contributed by atoms with Crippen LogP contribution in [0.2, 0.25) is 5.02 Å². The summed E-state index contributed by atoms with van der Waals surface area (Å²) in [4.78, 5) is 14.3. The molecule has 0 N–H and O–H groups in total. The predicted molar refractivity (Wildman–Crippen MR) is 81.0 cm³/mol. The summed E-state index contributed by atoms with van der Waals surface area (Å²) in [5, 5.41) is 2.62. The molecule has 0 fully saturated rings. The van der Waals surface area contributed by atoms with E-state index in [9.17, 15) is 4.79 Å². The number of hydrogen-bond donors (Lipinski definition) is 0. The monoisotopic (exact) mass is 343 g/mol. The second-order valence-corrected chi connectivity index (χ2v) is 6.26. The van der Waals surface area contributed by atoms with Crippen molar-refractivity contribution in [1.29, 1.82) is 0 Å². The topological polar surface area (TPSA) is 20.3 Å². The molecule has 18 heavy (non-hydrogen) atoms. The van der Waals surface area contributed by atoms with Crippen LogP contribution in [0.25, 0.3) is 0 Å². The Hall–Kier alpha value is -0.840. The highest BCUT2D eigenvalue weighted by molar-refractivity contribution is 9.10. The van der Waals surface area contributed by atoms with E-state index in [-0.39, 0.29) is 0 Å². The molecule has 1 aromatic carbocycles. The van der Waals surface area contributed by atoms with Crippen LogP contribution in [0.1, 0.15) is 15.2 Å². The Labute approximate surface area is 123 Å². The van der Waals surface area contributed by atoms with Gasteiger partial charge in [0.05, 0.1) is 6.54 Å². The van der Waals surface area contributed by atoms with Crippen LogP contribution in [-0.2, 0) is 6.54 Å². The van der Waals surface area contributed by atoms with Crippen LogP contribution in [0, 0.1) is 0 Å². The molecule has 0 bridgehead atoms. The fraction of sp³-hybridized carbons (Fsp3) is 0.154. The van der Waals surface area contributed by atoms with Crippen molar-refractivity contribution in [1.82, 2.24) is 0 Å². The minimum absolute atomic E-state index is 0.577. The number of aldehydes is 1. The van der Waals surface area contributed by atoms with Gasteiger partial charge in [-0.05, 0) is 40.2 Å². The fourth-order valence-corrected chi connectivity index (χ4v) is 3.41. The van der Waals surface area contributed by atoms with E-state index in [0.29, 0.717) is 10.6 Å². The van der Waals surface area contributed by atoms with Gasteiger partial charge >= 0.3 is 0 Å². The second kappa shape index (κ2) is 5.87. The van der Waals surface area contributed by atoms with Crippen molar-refractivity contribution in [2.75, 3.05) is 11.9 Å². The molecule has 0 radical (unpaired) electrons. The minimum Gasteiger partial charge on any atom is -0.369 e. The van der Waals surface area contributed by atoms with Gasteiger partial charge in [-0.1, -0.05) is 11.6 Å². The van der Waals surface area contributed by atoms with Gasteiger partial charge in [0, 0.05) is 38.1 Å². The molecule has 5 heteroatoms. The van der Waals surface area contributed by atoms with E-state index in [4.69, 9.17) is 11.6 Å². The van der Waals surface area contributed by atoms with Crippen LogP contribution in [0.15, 0.2) is 34.1 Å². The third-order valence-corrected chi connectivity index (χ3v) is 4.46. The van der Waals surface area contributed by atoms with Gasteiger partial charge in [0.2, 0.25) is 0 Å². The Morgan fingerprint density at radius 3 is 2.83 bits per heavy atom. The lowest BCUT2D eigenvalue weighted by molar-refractivity contribution is 0.112. The standard InChI is InChI=1S/C13H11BrClNOS/c1-16(6-12-5-10(14)8-18-12)13-3-2-11(15)4-9(13)7-17/h2-5,7-8H,6H2,1H3. The summed E-state index contributed by atoms with van der Waals surface area (Å²) in [6.45, 7) is 0.763. The van der Waals surface area contributed by atoms with Crippen molar-refractivity contribution in [3.8, 4) is 0 Å². The lowest BCUT2D eigenvalue weighted by Crippen LogP contribution is -2.17. The number of halogens is 2. The van der Waals surface area contributed by atoms with Crippen LogP contribution >= 0.6 is 38.9 Å². The molecular formula is C13H11BrClNOS. The SMILES string of the molecule is CN(Cc1cc(Br)cs1)c1ccc(Cl)cc1C=O. The summed E-state index contributed by atoms with van der Waals surface area (Å²) >= 11 is 11.0. The Kier molecular flexibility index (Phi) is 4.43. The summed E-state index contributed by atoms with van der Waals surface area (Å²) in [5.74, 6) is 0. The average molecular weight is 345 g/mol. The van der Waals surface area contributed by atoms with Gasteiger partial charge in [-0.3, -0.25) is 4.79 Å². The molecule has 94 valence electrons. The first kappa shape index (κ1) is 13.6. The van der Waals surface area contributed by atoms with Gasteiger partial charge in [0.1, 0.15) is 0 Å². The van der Waals surface area contributed by atoms with Crippen molar-refractivity contribution >= 4 is 50.8 Å². The molecule has 0 saturated heterocycles. The maximum absolute atomic E-state index is 11.1. The zero-order chi connectivity index (χ0) is 13.1. The van der Waals surface area contributed by atoms with Crippen molar-refractivity contribution in [3.05, 3.63) is 49.6 Å². The first-order valence-electron chi connectivity index (χ1n) is 5.29. The van der Waals surface area contributed by atoms with Crippen LogP contribution < -0.4 is 4.90 Å². The molecule has 0 spiro atoms. The summed E-state index contributed by atoms with van der Waals surface area (Å²) < 4.78 is 1.09. The molecule has 0 atom stereocenters. The normalized spacial score (nSPS) is 10.4. The van der Waals surface area contributed by atoms with E-state index in [0.717, 1.165) is 23.0 Å². The molecule has 2 nitrogen and oxygen atoms in total. The highest BCUT2D eigenvalue weighted by atomic mass is 79.9. The summed E-state index contributed by atoms with van der Waals surface area (Å²) in [6, 6.07) is 7.43. The molecule has 0 aliphatic carbocycles. The summed E-state index contributed by atoms with van der Waals surface area (Å²) in [7, 11) is 1.96. The molecular weight excluding hydrogens is 334 g/mol. The van der Waals surface area contributed by atoms with Gasteiger partial charge in [0.25, 0.3) is 0 Å². The summed E-state index contributed by atoms with van der Waals surface area (Å²) in [6.07, 6.45) is 0.835. The number of nitrogens with zero attached hydrogens (tertiary/aromatic N) is 1. The number of thiophene rings is 1. The lowest BCUT2D eigenvalue weighted by atomic mass is 10.2. The number of benzene rings is 1. The van der Waals surface area contributed by atoms with E-state index in [2.05, 4.69) is 22.0 Å². The molecule has 1 heterocycles. The quantitative estimate of drug-likeness (QED) is 0.755. The second-order valence-electron chi connectivity index (χ2n) is 3.91. The molecule has 1 aromatic heterocycles. The predicted octanol–water partition coefficient (Wildman–Crippen LogP) is 4.61. The number of hydrogen-bond acceptors (Lipinski definition) is 3. The lowest BCUT2D eigenvalue weighted by Gasteiger charge is -2.20. The molecule has 0 amide bonds. The maximum atomic E-state index is 11.1. The Morgan fingerprint density at radius 2 is 2.22 bits per heavy atom. The van der Waals surface area contributed by atoms with E-state index in [1.807, 2.05) is 23.4 Å². The largest absolute Gasteiger partial charge is 0.369 e. The van der Waals surface area contributed by atoms with Gasteiger partial charge < -0.3 is 4.90 Å². The number of anilines is 1. The first-order valence-corrected chi connectivity index (χ1v) is 7.34. The van der Waals surface area contributed by atoms with Gasteiger partial charge in [-0.25, -0.2) is 0 Å². The van der Waals surface area contributed by atoms with Crippen molar-refractivity contribution in [3.63, 3.8) is 0 Å². The summed E-state index contributed by atoms with van der Waals surface area (Å²) in [5.41, 5.74) is 1.50. The Bertz CT molecular complexity index is 570. The van der Waals surface area contributed by atoms with E-state index >= 15 is 0 Å². The zero-order valence-corrected chi connectivity index (χ0v) is 12.8. The first-order chi connectivity index (χ1) is 8.60. The van der Waals surface area contributed by atoms with E-state index < -0.39 is 0 Å². The van der Waals surface area contributed by atoms with Crippen LogP contribution in [0.5, 0.6) is 0 Å². The maximum Gasteiger partial charge on any atom is 0.152 e. The molecule has 0 saturated carbocycles. The Morgan fingerprint density at radius 1 is 1.44 bits per heavy atom. The average Bonchev–Trinajstić information content (AvgIpc) is 2.74. The fourth-order valence-electron chi connectivity index (χ4n) is 1.72. The molecule has 0 aliphatic rings. The number of rotatable bonds is 4. The van der Waals surface area contributed by atoms with E-state index in [1.54, 1.807) is 23.5 Å². The van der Waals surface area contributed by atoms with Crippen LogP contribution in [0.3, 0.4) is 0 Å². The number of carbonyl (C=O) groups is 1. The van der Waals surface area contributed by atoms with Gasteiger partial charge in [-0.2, -0.15) is 0 Å². The van der Waals surface area contributed by atoms with Crippen LogP contribution in [-0.4, -0.2) is 13.3 Å². The minimum atomic E-state index is 0.577. The molecule has 2 aromatic rings. The third kappa shape index (κ3) is 3.13. The van der Waals surface area contributed by atoms with Crippen molar-refractivity contribution in [2.24, 2.45) is 0 Å². The van der Waals surface area contributed by atoms with Gasteiger partial charge in [-0.15, -0.1) is 11.3 Å². The Balaban J connectivity index is 2.23. The van der Waals surface area contributed by atoms with Crippen molar-refractivity contribution < 1.29 is 4.79 Å². The molecule has 0 aliphatic heterocycles. The highest BCUT2D eigenvalue weighted by Gasteiger charge is 2.09.